The maximum atomic E-state index is 11.3. The van der Waals surface area contributed by atoms with E-state index in [1.165, 1.54) is 11.8 Å². The van der Waals surface area contributed by atoms with Crippen molar-refractivity contribution >= 4 is 17.7 Å². The predicted octanol–water partition coefficient (Wildman–Crippen LogP) is 3.89. The summed E-state index contributed by atoms with van der Waals surface area (Å²) >= 11 is 1.53. The molecule has 1 aromatic heterocycles. The molecule has 0 fully saturated rings. The molecule has 0 radical (unpaired) electrons. The Labute approximate surface area is 119 Å². The third kappa shape index (κ3) is 4.49. The molecule has 106 valence electrons. The standard InChI is InChI=1S/C14H22N2O2S/c1-5-6-7-8-19-13-11(14(17)18)10(4)15-12(16-13)9(2)3/h9H,5-8H2,1-4H3,(H,17,18). The number of carboxylic acid groups (broad SMARTS) is 1. The Morgan fingerprint density at radius 2 is 2.00 bits per heavy atom. The molecule has 0 aliphatic rings. The maximum absolute atomic E-state index is 11.3. The Bertz CT molecular complexity index is 447. The van der Waals surface area contributed by atoms with E-state index in [1.54, 1.807) is 6.92 Å². The van der Waals surface area contributed by atoms with Crippen LogP contribution in [0.4, 0.5) is 0 Å². The van der Waals surface area contributed by atoms with Gasteiger partial charge in [0.15, 0.2) is 0 Å². The van der Waals surface area contributed by atoms with Gasteiger partial charge in [-0.05, 0) is 19.1 Å². The fourth-order valence-corrected chi connectivity index (χ4v) is 2.78. The zero-order valence-electron chi connectivity index (χ0n) is 12.1. The molecule has 0 aliphatic heterocycles. The highest BCUT2D eigenvalue weighted by molar-refractivity contribution is 7.99. The van der Waals surface area contributed by atoms with Crippen molar-refractivity contribution in [2.45, 2.75) is 57.9 Å². The Balaban J connectivity index is 2.99. The van der Waals surface area contributed by atoms with Gasteiger partial charge in [0.05, 0.1) is 5.69 Å². The third-order valence-corrected chi connectivity index (χ3v) is 3.85. The molecule has 1 N–H and O–H groups in total. The van der Waals surface area contributed by atoms with Gasteiger partial charge in [-0.1, -0.05) is 33.6 Å². The summed E-state index contributed by atoms with van der Waals surface area (Å²) in [6, 6.07) is 0. The quantitative estimate of drug-likeness (QED) is 0.467. The smallest absolute Gasteiger partial charge is 0.340 e. The Morgan fingerprint density at radius 3 is 2.53 bits per heavy atom. The lowest BCUT2D eigenvalue weighted by molar-refractivity contribution is 0.0690. The van der Waals surface area contributed by atoms with Crippen LogP contribution in [0.5, 0.6) is 0 Å². The molecule has 1 heterocycles. The van der Waals surface area contributed by atoms with Crippen LogP contribution in [0.2, 0.25) is 0 Å². The van der Waals surface area contributed by atoms with Crippen molar-refractivity contribution in [3.63, 3.8) is 0 Å². The summed E-state index contributed by atoms with van der Waals surface area (Å²) < 4.78 is 0. The van der Waals surface area contributed by atoms with Crippen LogP contribution in [0.15, 0.2) is 5.03 Å². The Kier molecular flexibility index (Phi) is 6.28. The lowest BCUT2D eigenvalue weighted by atomic mass is 10.2. The molecule has 0 amide bonds. The van der Waals surface area contributed by atoms with Gasteiger partial charge in [-0.2, -0.15) is 0 Å². The second kappa shape index (κ2) is 7.48. The van der Waals surface area contributed by atoms with Crippen LogP contribution in [0.25, 0.3) is 0 Å². The molecule has 0 saturated carbocycles. The number of carbonyl (C=O) groups is 1. The first-order chi connectivity index (χ1) is 8.97. The van der Waals surface area contributed by atoms with Gasteiger partial charge < -0.3 is 5.11 Å². The molecule has 0 atom stereocenters. The van der Waals surface area contributed by atoms with Crippen molar-refractivity contribution in [2.75, 3.05) is 5.75 Å². The fourth-order valence-electron chi connectivity index (χ4n) is 1.70. The SMILES string of the molecule is CCCCCSc1nc(C(C)C)nc(C)c1C(=O)O. The first-order valence-corrected chi connectivity index (χ1v) is 7.70. The van der Waals surface area contributed by atoms with E-state index in [0.717, 1.165) is 30.8 Å². The van der Waals surface area contributed by atoms with Crippen LogP contribution in [0.3, 0.4) is 0 Å². The molecule has 0 bridgehead atoms. The molecule has 1 aromatic rings. The molecular weight excluding hydrogens is 260 g/mol. The number of aromatic carboxylic acids is 1. The number of unbranched alkanes of at least 4 members (excludes halogenated alkanes) is 2. The van der Waals surface area contributed by atoms with E-state index >= 15 is 0 Å². The van der Waals surface area contributed by atoms with Crippen molar-refractivity contribution < 1.29 is 9.90 Å². The number of nitrogens with zero attached hydrogens (tertiary/aromatic N) is 2. The van der Waals surface area contributed by atoms with E-state index < -0.39 is 5.97 Å². The van der Waals surface area contributed by atoms with Gasteiger partial charge in [0.25, 0.3) is 0 Å². The number of aryl methyl sites for hydroxylation is 1. The van der Waals surface area contributed by atoms with Gasteiger partial charge in [0, 0.05) is 5.92 Å². The molecule has 1 rings (SSSR count). The van der Waals surface area contributed by atoms with Crippen molar-refractivity contribution in [3.05, 3.63) is 17.1 Å². The van der Waals surface area contributed by atoms with Crippen molar-refractivity contribution in [3.8, 4) is 0 Å². The van der Waals surface area contributed by atoms with E-state index in [4.69, 9.17) is 0 Å². The van der Waals surface area contributed by atoms with Crippen LogP contribution < -0.4 is 0 Å². The minimum atomic E-state index is -0.939. The summed E-state index contributed by atoms with van der Waals surface area (Å²) in [5.41, 5.74) is 0.815. The molecule has 4 nitrogen and oxygen atoms in total. The highest BCUT2D eigenvalue weighted by Crippen LogP contribution is 2.25. The van der Waals surface area contributed by atoms with Crippen LogP contribution in [0, 0.1) is 6.92 Å². The van der Waals surface area contributed by atoms with Crippen molar-refractivity contribution in [1.82, 2.24) is 9.97 Å². The highest BCUT2D eigenvalue weighted by Gasteiger charge is 2.19. The van der Waals surface area contributed by atoms with Crippen molar-refractivity contribution in [1.29, 1.82) is 0 Å². The number of carboxylic acids is 1. The van der Waals surface area contributed by atoms with E-state index in [9.17, 15) is 9.90 Å². The predicted molar refractivity (Wildman–Crippen MR) is 78.1 cm³/mol. The van der Waals surface area contributed by atoms with Crippen LogP contribution in [-0.4, -0.2) is 26.8 Å². The summed E-state index contributed by atoms with van der Waals surface area (Å²) in [4.78, 5) is 20.0. The van der Waals surface area contributed by atoms with E-state index in [2.05, 4.69) is 16.9 Å². The lowest BCUT2D eigenvalue weighted by Gasteiger charge is -2.11. The minimum Gasteiger partial charge on any atom is -0.478 e. The second-order valence-corrected chi connectivity index (χ2v) is 5.95. The highest BCUT2D eigenvalue weighted by atomic mass is 32.2. The van der Waals surface area contributed by atoms with E-state index in [1.807, 2.05) is 13.8 Å². The molecule has 0 aliphatic carbocycles. The molecule has 0 aromatic carbocycles. The average molecular weight is 282 g/mol. The Hall–Kier alpha value is -1.10. The second-order valence-electron chi connectivity index (χ2n) is 4.86. The van der Waals surface area contributed by atoms with Crippen LogP contribution in [0.1, 0.15) is 67.8 Å². The normalized spacial score (nSPS) is 11.0. The maximum Gasteiger partial charge on any atom is 0.340 e. The summed E-state index contributed by atoms with van der Waals surface area (Å²) in [5.74, 6) is 0.894. The number of rotatable bonds is 7. The lowest BCUT2D eigenvalue weighted by Crippen LogP contribution is -2.10. The average Bonchev–Trinajstić information content (AvgIpc) is 2.33. The molecule has 0 spiro atoms. The first-order valence-electron chi connectivity index (χ1n) is 6.72. The van der Waals surface area contributed by atoms with E-state index in [-0.39, 0.29) is 11.5 Å². The molecule has 0 saturated heterocycles. The van der Waals surface area contributed by atoms with Gasteiger partial charge >= 0.3 is 5.97 Å². The topological polar surface area (TPSA) is 63.1 Å². The first kappa shape index (κ1) is 16.0. The van der Waals surface area contributed by atoms with Crippen molar-refractivity contribution in [2.24, 2.45) is 0 Å². The summed E-state index contributed by atoms with van der Waals surface area (Å²) in [6.45, 7) is 7.92. The summed E-state index contributed by atoms with van der Waals surface area (Å²) in [5, 5.41) is 9.90. The number of aromatic nitrogens is 2. The van der Waals surface area contributed by atoms with Gasteiger partial charge in [0.1, 0.15) is 16.4 Å². The summed E-state index contributed by atoms with van der Waals surface area (Å²) in [6.07, 6.45) is 3.41. The fraction of sp³-hybridized carbons (Fsp3) is 0.643. The van der Waals surface area contributed by atoms with Crippen LogP contribution in [-0.2, 0) is 0 Å². The van der Waals surface area contributed by atoms with Gasteiger partial charge in [0.2, 0.25) is 0 Å². The molecule has 5 heteroatoms. The van der Waals surface area contributed by atoms with Gasteiger partial charge in [-0.25, -0.2) is 14.8 Å². The Morgan fingerprint density at radius 1 is 1.32 bits per heavy atom. The molecule has 19 heavy (non-hydrogen) atoms. The number of thioether (sulfide) groups is 1. The third-order valence-electron chi connectivity index (χ3n) is 2.79. The van der Waals surface area contributed by atoms with E-state index in [0.29, 0.717) is 10.7 Å². The zero-order valence-corrected chi connectivity index (χ0v) is 12.9. The van der Waals surface area contributed by atoms with Gasteiger partial charge in [-0.15, -0.1) is 11.8 Å². The number of hydrogen-bond acceptors (Lipinski definition) is 4. The van der Waals surface area contributed by atoms with Crippen LogP contribution >= 0.6 is 11.8 Å². The molecule has 0 unspecified atom stereocenters. The minimum absolute atomic E-state index is 0.205. The van der Waals surface area contributed by atoms with Gasteiger partial charge in [-0.3, -0.25) is 0 Å². The monoisotopic (exact) mass is 282 g/mol. The zero-order chi connectivity index (χ0) is 14.4. The number of hydrogen-bond donors (Lipinski definition) is 1. The summed E-state index contributed by atoms with van der Waals surface area (Å²) in [7, 11) is 0. The largest absolute Gasteiger partial charge is 0.478 e. The molecular formula is C14H22N2O2S.